The molecule has 2 rings (SSSR count). The molecule has 2 heterocycles. The van der Waals surface area contributed by atoms with Crippen LogP contribution in [-0.2, 0) is 0 Å². The van der Waals surface area contributed by atoms with Crippen LogP contribution in [0.3, 0.4) is 0 Å². The molecule has 4 nitrogen and oxygen atoms in total. The van der Waals surface area contributed by atoms with E-state index in [9.17, 15) is 4.79 Å². The molecule has 0 aliphatic carbocycles. The number of carboxylic acid groups (broad SMARTS) is 1. The summed E-state index contributed by atoms with van der Waals surface area (Å²) < 4.78 is 0.585. The van der Waals surface area contributed by atoms with Crippen LogP contribution in [-0.4, -0.2) is 21.0 Å². The maximum Gasteiger partial charge on any atom is 0.347 e. The fraction of sp³-hybridized carbons (Fsp3) is 0.100. The van der Waals surface area contributed by atoms with Gasteiger partial charge in [-0.1, -0.05) is 34.5 Å². The van der Waals surface area contributed by atoms with Crippen molar-refractivity contribution in [3.8, 4) is 0 Å². The first-order chi connectivity index (χ1) is 8.47. The van der Waals surface area contributed by atoms with Crippen molar-refractivity contribution in [1.29, 1.82) is 0 Å². The Balaban J connectivity index is 2.29. The van der Waals surface area contributed by atoms with Crippen LogP contribution in [0.2, 0.25) is 10.0 Å². The molecule has 94 valence electrons. The van der Waals surface area contributed by atoms with Gasteiger partial charge in [-0.25, -0.2) is 14.8 Å². The number of hydrogen-bond donors (Lipinski definition) is 1. The van der Waals surface area contributed by atoms with Gasteiger partial charge in [0.15, 0.2) is 4.34 Å². The average molecular weight is 321 g/mol. The van der Waals surface area contributed by atoms with E-state index >= 15 is 0 Å². The van der Waals surface area contributed by atoms with Gasteiger partial charge in [0.2, 0.25) is 0 Å². The summed E-state index contributed by atoms with van der Waals surface area (Å²) >= 11 is 14.0. The molecule has 2 aromatic heterocycles. The average Bonchev–Trinajstić information content (AvgIpc) is 2.64. The SMILES string of the molecule is Cc1nc(Sc2ncc(Cl)cc2Cl)sc1C(=O)O. The lowest BCUT2D eigenvalue weighted by molar-refractivity contribution is 0.0701. The fourth-order valence-electron chi connectivity index (χ4n) is 1.17. The minimum absolute atomic E-state index is 0.225. The van der Waals surface area contributed by atoms with Crippen LogP contribution in [0.25, 0.3) is 0 Å². The van der Waals surface area contributed by atoms with Crippen LogP contribution in [0.5, 0.6) is 0 Å². The zero-order chi connectivity index (χ0) is 13.3. The number of carboxylic acids is 1. The zero-order valence-corrected chi connectivity index (χ0v) is 12.1. The lowest BCUT2D eigenvalue weighted by atomic mass is 10.4. The Labute approximate surface area is 121 Å². The molecule has 0 atom stereocenters. The number of pyridine rings is 1. The van der Waals surface area contributed by atoms with Crippen molar-refractivity contribution in [2.45, 2.75) is 16.3 Å². The molecule has 0 aliphatic heterocycles. The molecule has 1 N–H and O–H groups in total. The molecule has 0 aromatic carbocycles. The number of hydrogen-bond acceptors (Lipinski definition) is 5. The summed E-state index contributed by atoms with van der Waals surface area (Å²) in [6.07, 6.45) is 1.48. The van der Waals surface area contributed by atoms with Crippen molar-refractivity contribution >= 4 is 52.3 Å². The van der Waals surface area contributed by atoms with E-state index in [4.69, 9.17) is 28.3 Å². The van der Waals surface area contributed by atoms with E-state index in [0.29, 0.717) is 25.1 Å². The summed E-state index contributed by atoms with van der Waals surface area (Å²) in [7, 11) is 0. The molecule has 0 fully saturated rings. The standard InChI is InChI=1S/C10H6Cl2N2O2S2/c1-4-7(9(15)16)17-10(14-4)18-8-6(12)2-5(11)3-13-8/h2-3H,1H3,(H,15,16). The Bertz CT molecular complexity index is 616. The second kappa shape index (κ2) is 5.44. The van der Waals surface area contributed by atoms with Crippen LogP contribution >= 0.6 is 46.3 Å². The Morgan fingerprint density at radius 1 is 1.50 bits per heavy atom. The van der Waals surface area contributed by atoms with Crippen LogP contribution in [0.4, 0.5) is 0 Å². The zero-order valence-electron chi connectivity index (χ0n) is 8.98. The minimum Gasteiger partial charge on any atom is -0.477 e. The number of aryl methyl sites for hydroxylation is 1. The third-order valence-electron chi connectivity index (χ3n) is 1.93. The topological polar surface area (TPSA) is 63.1 Å². The van der Waals surface area contributed by atoms with E-state index in [1.54, 1.807) is 13.0 Å². The highest BCUT2D eigenvalue weighted by Gasteiger charge is 2.16. The van der Waals surface area contributed by atoms with Gasteiger partial charge >= 0.3 is 5.97 Å². The van der Waals surface area contributed by atoms with E-state index in [1.165, 1.54) is 18.0 Å². The van der Waals surface area contributed by atoms with Crippen molar-refractivity contribution in [2.24, 2.45) is 0 Å². The van der Waals surface area contributed by atoms with Crippen LogP contribution < -0.4 is 0 Å². The van der Waals surface area contributed by atoms with Crippen molar-refractivity contribution in [1.82, 2.24) is 9.97 Å². The number of nitrogens with zero attached hydrogens (tertiary/aromatic N) is 2. The highest BCUT2D eigenvalue weighted by atomic mass is 35.5. The molecule has 0 unspecified atom stereocenters. The number of halogens is 2. The van der Waals surface area contributed by atoms with Gasteiger partial charge in [0, 0.05) is 6.20 Å². The van der Waals surface area contributed by atoms with Crippen LogP contribution in [0.15, 0.2) is 21.6 Å². The number of aromatic nitrogens is 2. The molecule has 2 aromatic rings. The summed E-state index contributed by atoms with van der Waals surface area (Å²) in [4.78, 5) is 19.4. The maximum atomic E-state index is 10.9. The van der Waals surface area contributed by atoms with Crippen molar-refractivity contribution < 1.29 is 9.90 Å². The van der Waals surface area contributed by atoms with Crippen LogP contribution in [0, 0.1) is 6.92 Å². The summed E-state index contributed by atoms with van der Waals surface area (Å²) in [6.45, 7) is 1.65. The maximum absolute atomic E-state index is 10.9. The van der Waals surface area contributed by atoms with Crippen molar-refractivity contribution in [3.05, 3.63) is 32.9 Å². The Hall–Kier alpha value is -0.820. The first-order valence-electron chi connectivity index (χ1n) is 4.67. The summed E-state index contributed by atoms with van der Waals surface area (Å²) in [6, 6.07) is 1.58. The van der Waals surface area contributed by atoms with Gasteiger partial charge in [0.1, 0.15) is 9.90 Å². The molecule has 0 spiro atoms. The van der Waals surface area contributed by atoms with Gasteiger partial charge in [0.05, 0.1) is 15.7 Å². The molecule has 8 heteroatoms. The Kier molecular flexibility index (Phi) is 4.11. The molecule has 0 radical (unpaired) electrons. The molecule has 18 heavy (non-hydrogen) atoms. The lowest BCUT2D eigenvalue weighted by Gasteiger charge is -1.99. The Morgan fingerprint density at radius 2 is 2.22 bits per heavy atom. The first-order valence-corrected chi connectivity index (χ1v) is 7.06. The Morgan fingerprint density at radius 3 is 2.78 bits per heavy atom. The van der Waals surface area contributed by atoms with Gasteiger partial charge in [-0.3, -0.25) is 0 Å². The van der Waals surface area contributed by atoms with Crippen molar-refractivity contribution in [3.63, 3.8) is 0 Å². The molecule has 0 aliphatic rings. The molecular weight excluding hydrogens is 315 g/mol. The monoisotopic (exact) mass is 320 g/mol. The third-order valence-corrected chi connectivity index (χ3v) is 4.76. The summed E-state index contributed by atoms with van der Waals surface area (Å²) in [5.74, 6) is -0.980. The molecule has 0 saturated carbocycles. The number of rotatable bonds is 3. The van der Waals surface area contributed by atoms with E-state index in [1.807, 2.05) is 0 Å². The van der Waals surface area contributed by atoms with Gasteiger partial charge in [-0.15, -0.1) is 0 Å². The van der Waals surface area contributed by atoms with Gasteiger partial charge in [0.25, 0.3) is 0 Å². The quantitative estimate of drug-likeness (QED) is 0.925. The van der Waals surface area contributed by atoms with Gasteiger partial charge in [-0.05, 0) is 24.8 Å². The highest BCUT2D eigenvalue weighted by Crippen LogP contribution is 2.36. The van der Waals surface area contributed by atoms with Gasteiger partial charge < -0.3 is 5.11 Å². The smallest absolute Gasteiger partial charge is 0.347 e. The fourth-order valence-corrected chi connectivity index (χ4v) is 3.57. The summed E-state index contributed by atoms with van der Waals surface area (Å²) in [5, 5.41) is 10.3. The molecular formula is C10H6Cl2N2O2S2. The summed E-state index contributed by atoms with van der Waals surface area (Å²) in [5.41, 5.74) is 0.486. The van der Waals surface area contributed by atoms with E-state index in [2.05, 4.69) is 9.97 Å². The molecule has 0 amide bonds. The normalized spacial score (nSPS) is 10.6. The third kappa shape index (κ3) is 2.95. The lowest BCUT2D eigenvalue weighted by Crippen LogP contribution is -1.94. The minimum atomic E-state index is -0.980. The largest absolute Gasteiger partial charge is 0.477 e. The predicted molar refractivity (Wildman–Crippen MR) is 72.2 cm³/mol. The van der Waals surface area contributed by atoms with E-state index < -0.39 is 5.97 Å². The van der Waals surface area contributed by atoms with Crippen LogP contribution in [0.1, 0.15) is 15.4 Å². The predicted octanol–water partition coefficient (Wildman–Crippen LogP) is 4.00. The van der Waals surface area contributed by atoms with Gasteiger partial charge in [-0.2, -0.15) is 0 Å². The van der Waals surface area contributed by atoms with E-state index in [-0.39, 0.29) is 4.88 Å². The molecule has 0 bridgehead atoms. The second-order valence-electron chi connectivity index (χ2n) is 3.24. The highest BCUT2D eigenvalue weighted by molar-refractivity contribution is 8.01. The second-order valence-corrected chi connectivity index (χ2v) is 6.32. The number of aromatic carboxylic acids is 1. The first kappa shape index (κ1) is 13.6. The van der Waals surface area contributed by atoms with E-state index in [0.717, 1.165) is 11.3 Å². The number of thiazole rings is 1. The number of carbonyl (C=O) groups is 1. The van der Waals surface area contributed by atoms with Crippen molar-refractivity contribution in [2.75, 3.05) is 0 Å². The molecule has 0 saturated heterocycles.